The molecule has 4 heterocycles. The monoisotopic (exact) mass is 467 g/mol. The van der Waals surface area contributed by atoms with Gasteiger partial charge in [0.2, 0.25) is 0 Å². The summed E-state index contributed by atoms with van der Waals surface area (Å²) in [5, 5.41) is 32.9. The Morgan fingerprint density at radius 1 is 1.18 bits per heavy atom. The Balaban J connectivity index is 1.49. The summed E-state index contributed by atoms with van der Waals surface area (Å²) in [6, 6.07) is 7.33. The second-order valence-corrected chi connectivity index (χ2v) is 9.40. The number of rotatable bonds is 2. The van der Waals surface area contributed by atoms with Crippen LogP contribution in [0.5, 0.6) is 0 Å². The maximum Gasteiger partial charge on any atom is 0.260 e. The molecule has 1 aromatic carbocycles. The van der Waals surface area contributed by atoms with Crippen LogP contribution in [-0.2, 0) is 9.53 Å². The zero-order valence-electron chi connectivity index (χ0n) is 19.0. The summed E-state index contributed by atoms with van der Waals surface area (Å²) in [4.78, 5) is 18.9. The maximum atomic E-state index is 13.9. The van der Waals surface area contributed by atoms with Gasteiger partial charge in [0.1, 0.15) is 35.2 Å². The molecule has 8 nitrogen and oxygen atoms in total. The number of pyridine rings is 1. The largest absolute Gasteiger partial charge is 0.482 e. The zero-order chi connectivity index (χ0) is 24.4. The molecule has 178 valence electrons. The Hall–Kier alpha value is -3.27. The van der Waals surface area contributed by atoms with E-state index in [9.17, 15) is 24.5 Å². The summed E-state index contributed by atoms with van der Waals surface area (Å²) in [5.41, 5.74) is 2.08. The summed E-state index contributed by atoms with van der Waals surface area (Å²) in [6.45, 7) is 5.66. The lowest BCUT2D eigenvalue weighted by molar-refractivity contribution is -0.111. The van der Waals surface area contributed by atoms with Crippen LogP contribution in [0.4, 0.5) is 15.9 Å². The van der Waals surface area contributed by atoms with Crippen molar-refractivity contribution in [3.63, 3.8) is 0 Å². The van der Waals surface area contributed by atoms with Gasteiger partial charge < -0.3 is 30.3 Å². The number of hydrogen-bond donors (Lipinski definition) is 4. The highest BCUT2D eigenvalue weighted by Gasteiger charge is 2.40. The van der Waals surface area contributed by atoms with Crippen molar-refractivity contribution >= 4 is 28.6 Å². The number of hydrogen-bond acceptors (Lipinski definition) is 7. The number of amides is 1. The van der Waals surface area contributed by atoms with Crippen molar-refractivity contribution in [3.8, 4) is 0 Å². The minimum atomic E-state index is -1.20. The normalized spacial score (nSPS) is 30.0. The molecular formula is C25H26FN3O5. The third kappa shape index (κ3) is 3.56. The van der Waals surface area contributed by atoms with E-state index in [2.05, 4.69) is 10.3 Å². The van der Waals surface area contributed by atoms with Crippen LogP contribution in [0.25, 0.3) is 11.1 Å². The van der Waals surface area contributed by atoms with E-state index >= 15 is 0 Å². The standard InChI is InChI=1S/C25H26FN3O5/c1-12-22(31)23(32)18(30)11-29(12)20-7-4-13(10-27-20)16-9-19(34-25(16,2)3)21-15-8-14(26)5-6-17(15)28-24(21)33/h4-10,12,18,22-23,30-32H,11H2,1-3H3,(H,28,33)/b21-19+/t12-,18+,22+,23-/m0/s1. The minimum Gasteiger partial charge on any atom is -0.482 e. The molecule has 1 fully saturated rings. The number of anilines is 2. The number of aliphatic hydroxyl groups is 3. The summed E-state index contributed by atoms with van der Waals surface area (Å²) in [7, 11) is 0. The Morgan fingerprint density at radius 2 is 1.94 bits per heavy atom. The number of ether oxygens (including phenoxy) is 1. The average Bonchev–Trinajstić information content (AvgIpc) is 3.29. The number of carbonyl (C=O) groups excluding carboxylic acids is 1. The van der Waals surface area contributed by atoms with Gasteiger partial charge in [-0.1, -0.05) is 0 Å². The second-order valence-electron chi connectivity index (χ2n) is 9.40. The molecule has 0 unspecified atom stereocenters. The molecule has 2 aromatic rings. The van der Waals surface area contributed by atoms with Gasteiger partial charge in [0.25, 0.3) is 5.91 Å². The van der Waals surface area contributed by atoms with Crippen LogP contribution in [0.1, 0.15) is 31.9 Å². The van der Waals surface area contributed by atoms with Gasteiger partial charge in [0.05, 0.1) is 17.7 Å². The predicted molar refractivity (Wildman–Crippen MR) is 124 cm³/mol. The molecule has 3 aliphatic heterocycles. The molecule has 34 heavy (non-hydrogen) atoms. The summed E-state index contributed by atoms with van der Waals surface area (Å²) in [5.74, 6) is 0.118. The lowest BCUT2D eigenvalue weighted by Crippen LogP contribution is -2.60. The van der Waals surface area contributed by atoms with Gasteiger partial charge >= 0.3 is 0 Å². The SMILES string of the molecule is C[C@H]1[C@@H](O)[C@@H](O)[C@H](O)CN1c1ccc(C2=C/C(=C3\C(=O)Nc4ccc(F)cc43)OC2(C)C)cn1. The second kappa shape index (κ2) is 7.90. The summed E-state index contributed by atoms with van der Waals surface area (Å²) < 4.78 is 20.0. The predicted octanol–water partition coefficient (Wildman–Crippen LogP) is 2.07. The van der Waals surface area contributed by atoms with Crippen molar-refractivity contribution in [1.82, 2.24) is 4.98 Å². The first-order chi connectivity index (χ1) is 16.1. The first-order valence-electron chi connectivity index (χ1n) is 11.1. The molecule has 1 saturated heterocycles. The molecule has 1 amide bonds. The van der Waals surface area contributed by atoms with Crippen LogP contribution in [0, 0.1) is 5.82 Å². The van der Waals surface area contributed by atoms with Gasteiger partial charge in [0.15, 0.2) is 0 Å². The number of β-amino-alcohol motifs (C(OH)–C–C–N with tert-alkyl or cyclic N) is 1. The van der Waals surface area contributed by atoms with Crippen molar-refractivity contribution < 1.29 is 29.2 Å². The van der Waals surface area contributed by atoms with E-state index in [-0.39, 0.29) is 18.0 Å². The number of halogens is 1. The van der Waals surface area contributed by atoms with E-state index in [1.807, 2.05) is 19.9 Å². The maximum absolute atomic E-state index is 13.9. The first kappa shape index (κ1) is 22.5. The van der Waals surface area contributed by atoms with Gasteiger partial charge in [-0.05, 0) is 57.2 Å². The molecule has 1 aromatic heterocycles. The van der Waals surface area contributed by atoms with Crippen molar-refractivity contribution in [2.45, 2.75) is 50.7 Å². The van der Waals surface area contributed by atoms with Gasteiger partial charge in [-0.15, -0.1) is 0 Å². The lowest BCUT2D eigenvalue weighted by Gasteiger charge is -2.43. The van der Waals surface area contributed by atoms with Crippen LogP contribution in [0.3, 0.4) is 0 Å². The Labute approximate surface area is 196 Å². The van der Waals surface area contributed by atoms with Crippen molar-refractivity contribution in [2.75, 3.05) is 16.8 Å². The molecule has 0 aliphatic carbocycles. The quantitative estimate of drug-likeness (QED) is 0.500. The van der Waals surface area contributed by atoms with Crippen LogP contribution >= 0.6 is 0 Å². The fraction of sp³-hybridized carbons (Fsp3) is 0.360. The van der Waals surface area contributed by atoms with Crippen molar-refractivity contribution in [1.29, 1.82) is 0 Å². The van der Waals surface area contributed by atoms with Crippen molar-refractivity contribution in [2.24, 2.45) is 0 Å². The Bertz CT molecular complexity index is 1220. The highest BCUT2D eigenvalue weighted by atomic mass is 19.1. The number of aliphatic hydroxyl groups excluding tert-OH is 3. The number of piperidine rings is 1. The topological polar surface area (TPSA) is 115 Å². The van der Waals surface area contributed by atoms with E-state index in [0.717, 1.165) is 11.1 Å². The third-order valence-corrected chi connectivity index (χ3v) is 6.73. The lowest BCUT2D eigenvalue weighted by atomic mass is 9.92. The first-order valence-corrected chi connectivity index (χ1v) is 11.1. The minimum absolute atomic E-state index is 0.143. The van der Waals surface area contributed by atoms with E-state index in [1.54, 1.807) is 30.2 Å². The molecule has 0 bridgehead atoms. The number of benzene rings is 1. The average molecular weight is 467 g/mol. The highest BCUT2D eigenvalue weighted by molar-refractivity contribution is 6.32. The van der Waals surface area contributed by atoms with Crippen LogP contribution < -0.4 is 10.2 Å². The molecule has 4 atom stereocenters. The molecule has 0 radical (unpaired) electrons. The van der Waals surface area contributed by atoms with E-state index in [0.29, 0.717) is 22.8 Å². The molecular weight excluding hydrogens is 441 g/mol. The number of nitrogens with zero attached hydrogens (tertiary/aromatic N) is 2. The highest BCUT2D eigenvalue weighted by Crippen LogP contribution is 2.44. The molecule has 4 N–H and O–H groups in total. The molecule has 9 heteroatoms. The zero-order valence-corrected chi connectivity index (χ0v) is 19.0. The van der Waals surface area contributed by atoms with Crippen LogP contribution in [0.2, 0.25) is 0 Å². The molecule has 5 rings (SSSR count). The van der Waals surface area contributed by atoms with Gasteiger partial charge in [-0.2, -0.15) is 0 Å². The number of aromatic nitrogens is 1. The molecule has 0 saturated carbocycles. The number of fused-ring (bicyclic) bond motifs is 1. The number of nitrogens with one attached hydrogen (secondary N) is 1. The van der Waals surface area contributed by atoms with E-state index < -0.39 is 35.8 Å². The van der Waals surface area contributed by atoms with Gasteiger partial charge in [0, 0.05) is 35.1 Å². The smallest absolute Gasteiger partial charge is 0.260 e. The third-order valence-electron chi connectivity index (χ3n) is 6.73. The number of allylic oxidation sites excluding steroid dienone is 1. The Kier molecular flexibility index (Phi) is 5.23. The van der Waals surface area contributed by atoms with Crippen LogP contribution in [-0.4, -0.2) is 62.7 Å². The summed E-state index contributed by atoms with van der Waals surface area (Å²) >= 11 is 0. The molecule has 0 spiro atoms. The van der Waals surface area contributed by atoms with Crippen LogP contribution in [0.15, 0.2) is 48.4 Å². The Morgan fingerprint density at radius 3 is 2.65 bits per heavy atom. The van der Waals surface area contributed by atoms with Crippen molar-refractivity contribution in [3.05, 3.63) is 65.3 Å². The molecule has 3 aliphatic rings. The fourth-order valence-corrected chi connectivity index (χ4v) is 4.79. The number of carbonyl (C=O) groups is 1. The van der Waals surface area contributed by atoms with Gasteiger partial charge in [-0.3, -0.25) is 4.79 Å². The van der Waals surface area contributed by atoms with E-state index in [4.69, 9.17) is 4.74 Å². The summed E-state index contributed by atoms with van der Waals surface area (Å²) in [6.07, 6.45) is 0.0501. The van der Waals surface area contributed by atoms with Gasteiger partial charge in [-0.25, -0.2) is 9.37 Å². The fourth-order valence-electron chi connectivity index (χ4n) is 4.79. The van der Waals surface area contributed by atoms with E-state index in [1.165, 1.54) is 18.2 Å².